The van der Waals surface area contributed by atoms with Crippen molar-refractivity contribution in [2.45, 2.75) is 25.8 Å². The number of unbranched alkanes of at least 4 members (excludes halogenated alkanes) is 1. The molecule has 1 aromatic heterocycles. The van der Waals surface area contributed by atoms with Crippen molar-refractivity contribution in [1.29, 1.82) is 0 Å². The fraction of sp³-hybridized carbons (Fsp3) is 0.222. The fourth-order valence-electron chi connectivity index (χ4n) is 2.70. The summed E-state index contributed by atoms with van der Waals surface area (Å²) in [6.45, 7) is 0.717. The molecule has 0 radical (unpaired) electrons. The molecule has 0 aliphatic rings. The van der Waals surface area contributed by atoms with Crippen molar-refractivity contribution in [3.05, 3.63) is 53.6 Å². The molecule has 0 fully saturated rings. The zero-order valence-electron chi connectivity index (χ0n) is 12.6. The molecule has 0 saturated carbocycles. The second kappa shape index (κ2) is 6.84. The molecule has 5 heteroatoms. The van der Waals surface area contributed by atoms with E-state index in [1.807, 2.05) is 48.5 Å². The maximum absolute atomic E-state index is 10.7. The van der Waals surface area contributed by atoms with Gasteiger partial charge < -0.3 is 9.67 Å². The van der Waals surface area contributed by atoms with Gasteiger partial charge in [-0.05, 0) is 37.1 Å². The summed E-state index contributed by atoms with van der Waals surface area (Å²) in [5.74, 6) is 0.0685. The van der Waals surface area contributed by atoms with Crippen molar-refractivity contribution in [2.24, 2.45) is 0 Å². The predicted molar refractivity (Wildman–Crippen MR) is 91.7 cm³/mol. The van der Waals surface area contributed by atoms with Gasteiger partial charge in [-0.15, -0.1) is 0 Å². The van der Waals surface area contributed by atoms with Gasteiger partial charge in [-0.1, -0.05) is 35.9 Å². The molecular formula is C18H17ClN2O2. The van der Waals surface area contributed by atoms with Crippen molar-refractivity contribution in [2.75, 3.05) is 0 Å². The van der Waals surface area contributed by atoms with Crippen LogP contribution in [0.4, 0.5) is 0 Å². The highest BCUT2D eigenvalue weighted by molar-refractivity contribution is 6.33. The summed E-state index contributed by atoms with van der Waals surface area (Å²) < 4.78 is 2.12. The molecule has 1 heterocycles. The van der Waals surface area contributed by atoms with E-state index >= 15 is 0 Å². The van der Waals surface area contributed by atoms with E-state index in [-0.39, 0.29) is 6.42 Å². The average molecular weight is 329 g/mol. The van der Waals surface area contributed by atoms with Gasteiger partial charge in [0, 0.05) is 18.5 Å². The lowest BCUT2D eigenvalue weighted by molar-refractivity contribution is -0.137. The number of carboxylic acid groups (broad SMARTS) is 1. The monoisotopic (exact) mass is 328 g/mol. The van der Waals surface area contributed by atoms with E-state index in [2.05, 4.69) is 4.57 Å². The van der Waals surface area contributed by atoms with E-state index < -0.39 is 5.97 Å². The number of benzene rings is 2. The van der Waals surface area contributed by atoms with Gasteiger partial charge >= 0.3 is 5.97 Å². The maximum Gasteiger partial charge on any atom is 0.303 e. The van der Waals surface area contributed by atoms with E-state index in [0.717, 1.165) is 28.8 Å². The van der Waals surface area contributed by atoms with Crippen molar-refractivity contribution in [3.8, 4) is 11.4 Å². The molecule has 3 aromatic rings. The molecule has 2 aromatic carbocycles. The van der Waals surface area contributed by atoms with E-state index in [1.54, 1.807) is 0 Å². The van der Waals surface area contributed by atoms with Gasteiger partial charge in [-0.25, -0.2) is 4.98 Å². The average Bonchev–Trinajstić information content (AvgIpc) is 2.90. The number of carboxylic acids is 1. The van der Waals surface area contributed by atoms with Crippen LogP contribution in [0.25, 0.3) is 22.4 Å². The number of aromatic nitrogens is 2. The SMILES string of the molecule is O=C(O)CCCCn1c(-c2ccccc2Cl)nc2ccccc21. The Kier molecular flexibility index (Phi) is 4.63. The van der Waals surface area contributed by atoms with Gasteiger partial charge in [-0.3, -0.25) is 4.79 Å². The van der Waals surface area contributed by atoms with Crippen molar-refractivity contribution >= 4 is 28.6 Å². The second-order valence-electron chi connectivity index (χ2n) is 5.41. The van der Waals surface area contributed by atoms with Gasteiger partial charge in [0.15, 0.2) is 0 Å². The second-order valence-corrected chi connectivity index (χ2v) is 5.81. The predicted octanol–water partition coefficient (Wildman–Crippen LogP) is 4.61. The van der Waals surface area contributed by atoms with Gasteiger partial charge in [0.1, 0.15) is 5.82 Å². The number of nitrogens with zero attached hydrogens (tertiary/aromatic N) is 2. The van der Waals surface area contributed by atoms with E-state index in [4.69, 9.17) is 21.7 Å². The summed E-state index contributed by atoms with van der Waals surface area (Å²) in [7, 11) is 0. The van der Waals surface area contributed by atoms with Crippen LogP contribution < -0.4 is 0 Å². The highest BCUT2D eigenvalue weighted by Gasteiger charge is 2.14. The molecule has 0 atom stereocenters. The molecule has 1 N–H and O–H groups in total. The molecule has 0 bridgehead atoms. The standard InChI is InChI=1S/C18H17ClN2O2/c19-14-8-2-1-7-13(14)18-20-15-9-3-4-10-16(15)21(18)12-6-5-11-17(22)23/h1-4,7-10H,5-6,11-12H2,(H,22,23). The van der Waals surface area contributed by atoms with Crippen LogP contribution in [0, 0.1) is 0 Å². The van der Waals surface area contributed by atoms with Crippen molar-refractivity contribution in [1.82, 2.24) is 9.55 Å². The van der Waals surface area contributed by atoms with E-state index in [1.165, 1.54) is 0 Å². The molecule has 0 aliphatic carbocycles. The highest BCUT2D eigenvalue weighted by Crippen LogP contribution is 2.30. The van der Waals surface area contributed by atoms with Crippen LogP contribution in [0.5, 0.6) is 0 Å². The number of aliphatic carboxylic acids is 1. The van der Waals surface area contributed by atoms with Crippen LogP contribution in [0.3, 0.4) is 0 Å². The first-order valence-electron chi connectivity index (χ1n) is 7.59. The summed E-state index contributed by atoms with van der Waals surface area (Å²) >= 11 is 6.33. The first kappa shape index (κ1) is 15.6. The third kappa shape index (κ3) is 3.37. The Balaban J connectivity index is 1.98. The Bertz CT molecular complexity index is 842. The summed E-state index contributed by atoms with van der Waals surface area (Å²) in [6, 6.07) is 15.6. The lowest BCUT2D eigenvalue weighted by Gasteiger charge is -2.10. The zero-order valence-corrected chi connectivity index (χ0v) is 13.3. The third-order valence-corrected chi connectivity index (χ3v) is 4.12. The number of fused-ring (bicyclic) bond motifs is 1. The Labute approximate surface area is 139 Å². The quantitative estimate of drug-likeness (QED) is 0.672. The van der Waals surface area contributed by atoms with Crippen LogP contribution in [0.15, 0.2) is 48.5 Å². The molecule has 0 aliphatic heterocycles. The van der Waals surface area contributed by atoms with Crippen molar-refractivity contribution in [3.63, 3.8) is 0 Å². The largest absolute Gasteiger partial charge is 0.481 e. The number of rotatable bonds is 6. The Morgan fingerprint density at radius 3 is 2.61 bits per heavy atom. The fourth-order valence-corrected chi connectivity index (χ4v) is 2.92. The molecule has 3 rings (SSSR count). The Morgan fingerprint density at radius 2 is 1.83 bits per heavy atom. The molecule has 0 amide bonds. The van der Waals surface area contributed by atoms with Crippen LogP contribution in [0.1, 0.15) is 19.3 Å². The third-order valence-electron chi connectivity index (χ3n) is 3.79. The topological polar surface area (TPSA) is 55.1 Å². The van der Waals surface area contributed by atoms with Gasteiger partial charge in [0.2, 0.25) is 0 Å². The summed E-state index contributed by atoms with van der Waals surface area (Å²) in [5, 5.41) is 9.44. The molecule has 4 nitrogen and oxygen atoms in total. The zero-order chi connectivity index (χ0) is 16.2. The number of hydrogen-bond acceptors (Lipinski definition) is 2. The molecule has 0 saturated heterocycles. The number of imidazole rings is 1. The molecule has 0 spiro atoms. The molecule has 118 valence electrons. The minimum atomic E-state index is -0.758. The summed E-state index contributed by atoms with van der Waals surface area (Å²) in [4.78, 5) is 15.4. The van der Waals surface area contributed by atoms with E-state index in [9.17, 15) is 4.79 Å². The number of hydrogen-bond donors (Lipinski definition) is 1. The van der Waals surface area contributed by atoms with Crippen molar-refractivity contribution < 1.29 is 9.90 Å². The Morgan fingerprint density at radius 1 is 1.09 bits per heavy atom. The minimum absolute atomic E-state index is 0.189. The van der Waals surface area contributed by atoms with Crippen LogP contribution in [-0.2, 0) is 11.3 Å². The van der Waals surface area contributed by atoms with Crippen LogP contribution >= 0.6 is 11.6 Å². The number of aryl methyl sites for hydroxylation is 1. The lowest BCUT2D eigenvalue weighted by Crippen LogP contribution is -2.02. The van der Waals surface area contributed by atoms with Gasteiger partial charge in [-0.2, -0.15) is 0 Å². The number of carbonyl (C=O) groups is 1. The van der Waals surface area contributed by atoms with Crippen LogP contribution in [-0.4, -0.2) is 20.6 Å². The number of para-hydroxylation sites is 2. The smallest absolute Gasteiger partial charge is 0.303 e. The molecular weight excluding hydrogens is 312 g/mol. The lowest BCUT2D eigenvalue weighted by atomic mass is 10.2. The van der Waals surface area contributed by atoms with E-state index in [0.29, 0.717) is 18.0 Å². The van der Waals surface area contributed by atoms with Gasteiger partial charge in [0.05, 0.1) is 16.1 Å². The highest BCUT2D eigenvalue weighted by atomic mass is 35.5. The molecule has 23 heavy (non-hydrogen) atoms. The first-order chi connectivity index (χ1) is 11.2. The van der Waals surface area contributed by atoms with Gasteiger partial charge in [0.25, 0.3) is 0 Å². The molecule has 0 unspecified atom stereocenters. The maximum atomic E-state index is 10.7. The van der Waals surface area contributed by atoms with Crippen LogP contribution in [0.2, 0.25) is 5.02 Å². The number of halogens is 1. The normalized spacial score (nSPS) is 11.0. The summed E-state index contributed by atoms with van der Waals surface area (Å²) in [5.41, 5.74) is 2.85. The first-order valence-corrected chi connectivity index (χ1v) is 7.96. The summed E-state index contributed by atoms with van der Waals surface area (Å²) in [6.07, 6.45) is 1.61. The minimum Gasteiger partial charge on any atom is -0.481 e. The Hall–Kier alpha value is -2.33.